The summed E-state index contributed by atoms with van der Waals surface area (Å²) in [7, 11) is 0. The highest BCUT2D eigenvalue weighted by Crippen LogP contribution is 2.38. The Hall–Kier alpha value is -0.370. The van der Waals surface area contributed by atoms with Gasteiger partial charge < -0.3 is 4.74 Å². The summed E-state index contributed by atoms with van der Waals surface area (Å²) in [5, 5.41) is 0. The molecule has 0 spiro atoms. The van der Waals surface area contributed by atoms with Crippen LogP contribution < -0.4 is 0 Å². The first-order chi connectivity index (χ1) is 4.29. The maximum atomic E-state index is 11.0. The number of carbonyl (C=O) groups is 1. The van der Waals surface area contributed by atoms with Crippen LogP contribution in [0, 0.1) is 5.92 Å². The molecule has 2 nitrogen and oxygen atoms in total. The molecule has 0 aromatic carbocycles. The van der Waals surface area contributed by atoms with Crippen molar-refractivity contribution in [3.8, 4) is 0 Å². The Kier molecular flexibility index (Phi) is 0.943. The molecule has 2 aliphatic rings. The van der Waals surface area contributed by atoms with Crippen LogP contribution in [0.1, 0.15) is 19.8 Å². The van der Waals surface area contributed by atoms with Gasteiger partial charge in [0.15, 0.2) is 0 Å². The molecule has 3 atom stereocenters. The van der Waals surface area contributed by atoms with Crippen LogP contribution in [0.15, 0.2) is 0 Å². The second kappa shape index (κ2) is 1.57. The fraction of sp³-hybridized carbons (Fsp3) is 0.857. The lowest BCUT2D eigenvalue weighted by molar-refractivity contribution is -0.123. The van der Waals surface area contributed by atoms with Gasteiger partial charge in [0.05, 0.1) is 12.2 Å². The average molecular weight is 126 g/mol. The van der Waals surface area contributed by atoms with Crippen LogP contribution in [-0.2, 0) is 9.53 Å². The number of hydrogen-bond acceptors (Lipinski definition) is 2. The highest BCUT2D eigenvalue weighted by Gasteiger charge is 2.48. The lowest BCUT2D eigenvalue weighted by Gasteiger charge is -2.10. The zero-order chi connectivity index (χ0) is 6.43. The van der Waals surface area contributed by atoms with E-state index in [0.29, 0.717) is 18.0 Å². The van der Waals surface area contributed by atoms with Crippen molar-refractivity contribution < 1.29 is 9.53 Å². The number of ether oxygens (including phenoxy) is 1. The predicted octanol–water partition coefficient (Wildman–Crippen LogP) is 0.753. The predicted molar refractivity (Wildman–Crippen MR) is 32.1 cm³/mol. The maximum absolute atomic E-state index is 11.0. The van der Waals surface area contributed by atoms with E-state index in [4.69, 9.17) is 4.74 Å². The number of hydrogen-bond donors (Lipinski definition) is 0. The maximum Gasteiger partial charge on any atom is 0.138 e. The molecule has 2 rings (SSSR count). The van der Waals surface area contributed by atoms with E-state index >= 15 is 0 Å². The van der Waals surface area contributed by atoms with Gasteiger partial charge in [0.25, 0.3) is 0 Å². The summed E-state index contributed by atoms with van der Waals surface area (Å²) in [6.07, 6.45) is 2.44. The molecule has 0 radical (unpaired) electrons. The van der Waals surface area contributed by atoms with E-state index < -0.39 is 0 Å². The summed E-state index contributed by atoms with van der Waals surface area (Å²) in [4.78, 5) is 11.0. The second-order valence-electron chi connectivity index (χ2n) is 2.93. The average Bonchev–Trinajstić information content (AvgIpc) is 2.58. The van der Waals surface area contributed by atoms with Crippen molar-refractivity contribution in [2.75, 3.05) is 0 Å². The summed E-state index contributed by atoms with van der Waals surface area (Å²) in [5.74, 6) is 0.567. The van der Waals surface area contributed by atoms with Gasteiger partial charge in [-0.05, 0) is 6.42 Å². The van der Waals surface area contributed by atoms with Gasteiger partial charge in [0, 0.05) is 12.3 Å². The van der Waals surface area contributed by atoms with Crippen molar-refractivity contribution in [3.63, 3.8) is 0 Å². The van der Waals surface area contributed by atoms with Gasteiger partial charge in [0.1, 0.15) is 5.78 Å². The molecule has 0 aromatic rings. The molecule has 50 valence electrons. The summed E-state index contributed by atoms with van der Waals surface area (Å²) in [6, 6.07) is 0. The SMILES string of the molecule is C[C@@H]1C(=O)CC[C@H]2O[C@@H]12. The molecule has 0 amide bonds. The minimum absolute atomic E-state index is 0.184. The van der Waals surface area contributed by atoms with Crippen LogP contribution in [-0.4, -0.2) is 18.0 Å². The standard InChI is InChI=1S/C7H10O2/c1-4-5(8)2-3-6-7(4)9-6/h4,6-7H,2-3H2,1H3/t4-,6-,7+/m1/s1. The van der Waals surface area contributed by atoms with E-state index in [1.54, 1.807) is 0 Å². The molecule has 1 saturated carbocycles. The van der Waals surface area contributed by atoms with E-state index in [1.165, 1.54) is 0 Å². The lowest BCUT2D eigenvalue weighted by Crippen LogP contribution is -2.23. The van der Waals surface area contributed by atoms with Gasteiger partial charge in [-0.2, -0.15) is 0 Å². The molecule has 0 aromatic heterocycles. The zero-order valence-corrected chi connectivity index (χ0v) is 5.46. The first-order valence-corrected chi connectivity index (χ1v) is 3.47. The van der Waals surface area contributed by atoms with E-state index in [1.807, 2.05) is 6.92 Å². The van der Waals surface area contributed by atoms with Crippen LogP contribution in [0.2, 0.25) is 0 Å². The highest BCUT2D eigenvalue weighted by atomic mass is 16.6. The van der Waals surface area contributed by atoms with Crippen LogP contribution in [0.3, 0.4) is 0 Å². The molecule has 0 N–H and O–H groups in total. The van der Waals surface area contributed by atoms with Crippen LogP contribution >= 0.6 is 0 Å². The Morgan fingerprint density at radius 1 is 1.67 bits per heavy atom. The molecule has 0 unspecified atom stereocenters. The van der Waals surface area contributed by atoms with Crippen LogP contribution in [0.5, 0.6) is 0 Å². The van der Waals surface area contributed by atoms with E-state index in [9.17, 15) is 4.79 Å². The minimum atomic E-state index is 0.184. The van der Waals surface area contributed by atoms with E-state index in [-0.39, 0.29) is 5.92 Å². The molecule has 1 aliphatic carbocycles. The smallest absolute Gasteiger partial charge is 0.138 e. The van der Waals surface area contributed by atoms with Gasteiger partial charge >= 0.3 is 0 Å². The zero-order valence-electron chi connectivity index (χ0n) is 5.46. The number of rotatable bonds is 0. The second-order valence-corrected chi connectivity index (χ2v) is 2.93. The van der Waals surface area contributed by atoms with Crippen molar-refractivity contribution in [2.45, 2.75) is 32.0 Å². The Balaban J connectivity index is 2.10. The van der Waals surface area contributed by atoms with Gasteiger partial charge in [-0.3, -0.25) is 4.79 Å². The molecular formula is C7H10O2. The normalized spacial score (nSPS) is 48.6. The lowest BCUT2D eigenvalue weighted by atomic mass is 9.90. The molecule has 9 heavy (non-hydrogen) atoms. The molecule has 2 heteroatoms. The van der Waals surface area contributed by atoms with Crippen molar-refractivity contribution in [3.05, 3.63) is 0 Å². The van der Waals surface area contributed by atoms with Crippen molar-refractivity contribution in [1.29, 1.82) is 0 Å². The Morgan fingerprint density at radius 3 is 3.11 bits per heavy atom. The quantitative estimate of drug-likeness (QED) is 0.448. The summed E-state index contributed by atoms with van der Waals surface area (Å²) in [6.45, 7) is 1.96. The topological polar surface area (TPSA) is 29.6 Å². The van der Waals surface area contributed by atoms with E-state index in [2.05, 4.69) is 0 Å². The molecule has 1 saturated heterocycles. The molecule has 1 heterocycles. The molecule has 2 fully saturated rings. The molecule has 1 aliphatic heterocycles. The van der Waals surface area contributed by atoms with Gasteiger partial charge in [-0.15, -0.1) is 0 Å². The number of epoxide rings is 1. The van der Waals surface area contributed by atoms with E-state index in [0.717, 1.165) is 12.8 Å². The van der Waals surface area contributed by atoms with Crippen molar-refractivity contribution >= 4 is 5.78 Å². The van der Waals surface area contributed by atoms with Crippen LogP contribution in [0.25, 0.3) is 0 Å². The number of fused-ring (bicyclic) bond motifs is 1. The summed E-state index contributed by atoms with van der Waals surface area (Å²) < 4.78 is 5.24. The Morgan fingerprint density at radius 2 is 2.44 bits per heavy atom. The highest BCUT2D eigenvalue weighted by molar-refractivity contribution is 5.82. The number of carbonyl (C=O) groups excluding carboxylic acids is 1. The Labute approximate surface area is 54.2 Å². The molecule has 0 bridgehead atoms. The van der Waals surface area contributed by atoms with Crippen molar-refractivity contribution in [1.82, 2.24) is 0 Å². The first-order valence-electron chi connectivity index (χ1n) is 3.47. The third-order valence-corrected chi connectivity index (χ3v) is 2.30. The number of ketones is 1. The van der Waals surface area contributed by atoms with Crippen LogP contribution in [0.4, 0.5) is 0 Å². The Bertz CT molecular complexity index is 153. The minimum Gasteiger partial charge on any atom is -0.369 e. The van der Waals surface area contributed by atoms with Gasteiger partial charge in [-0.1, -0.05) is 6.92 Å². The van der Waals surface area contributed by atoms with Gasteiger partial charge in [0.2, 0.25) is 0 Å². The monoisotopic (exact) mass is 126 g/mol. The third-order valence-electron chi connectivity index (χ3n) is 2.30. The fourth-order valence-electron chi connectivity index (χ4n) is 1.52. The summed E-state index contributed by atoms with van der Waals surface area (Å²) >= 11 is 0. The van der Waals surface area contributed by atoms with Crippen molar-refractivity contribution in [2.24, 2.45) is 5.92 Å². The first kappa shape index (κ1) is 5.42. The van der Waals surface area contributed by atoms with Gasteiger partial charge in [-0.25, -0.2) is 0 Å². The fourth-order valence-corrected chi connectivity index (χ4v) is 1.52. The molecular weight excluding hydrogens is 116 g/mol. The number of Topliss-reactive ketones (excluding diaryl/α,β-unsaturated/α-hetero) is 1. The largest absolute Gasteiger partial charge is 0.369 e. The third kappa shape index (κ3) is 0.697. The summed E-state index contributed by atoms with van der Waals surface area (Å²) in [5.41, 5.74) is 0.